The highest BCUT2D eigenvalue weighted by atomic mass is 16.5. The van der Waals surface area contributed by atoms with Crippen LogP contribution in [0, 0.1) is 13.8 Å². The van der Waals surface area contributed by atoms with Gasteiger partial charge in [-0.3, -0.25) is 19.0 Å². The lowest BCUT2D eigenvalue weighted by Gasteiger charge is -2.11. The van der Waals surface area contributed by atoms with Crippen molar-refractivity contribution in [1.29, 1.82) is 0 Å². The smallest absolute Gasteiger partial charge is 0.306 e. The molecule has 3 rings (SSSR count). The summed E-state index contributed by atoms with van der Waals surface area (Å²) in [5.41, 5.74) is 3.07. The minimum absolute atomic E-state index is 0.0628. The Bertz CT molecular complexity index is 1230. The fourth-order valence-electron chi connectivity index (χ4n) is 3.27. The summed E-state index contributed by atoms with van der Waals surface area (Å²) < 4.78 is 17.0. The van der Waals surface area contributed by atoms with Crippen LogP contribution in [-0.4, -0.2) is 42.3 Å². The van der Waals surface area contributed by atoms with Crippen LogP contribution in [0.2, 0.25) is 0 Å². The van der Waals surface area contributed by atoms with Gasteiger partial charge in [0.15, 0.2) is 18.1 Å². The molecule has 9 nitrogen and oxygen atoms in total. The summed E-state index contributed by atoms with van der Waals surface area (Å²) in [6.45, 7) is 3.85. The average Bonchev–Trinajstić information content (AvgIpc) is 2.81. The van der Waals surface area contributed by atoms with Gasteiger partial charge >= 0.3 is 5.97 Å². The Morgan fingerprint density at radius 1 is 1.03 bits per heavy atom. The number of hydrogen-bond acceptors (Lipinski definition) is 7. The van der Waals surface area contributed by atoms with Crippen molar-refractivity contribution in [2.45, 2.75) is 33.2 Å². The van der Waals surface area contributed by atoms with Gasteiger partial charge < -0.3 is 19.5 Å². The molecule has 0 unspecified atom stereocenters. The van der Waals surface area contributed by atoms with Gasteiger partial charge in [0.05, 0.1) is 31.4 Å². The van der Waals surface area contributed by atoms with Gasteiger partial charge in [0.25, 0.3) is 11.5 Å². The number of rotatable bonds is 9. The van der Waals surface area contributed by atoms with Crippen LogP contribution in [0.15, 0.2) is 41.5 Å². The molecule has 0 spiro atoms. The van der Waals surface area contributed by atoms with Crippen molar-refractivity contribution in [3.05, 3.63) is 58.1 Å². The Balaban J connectivity index is 1.51. The van der Waals surface area contributed by atoms with Crippen LogP contribution >= 0.6 is 0 Å². The molecule has 2 aromatic carbocycles. The first kappa shape index (κ1) is 23.8. The number of ether oxygens (including phenoxy) is 3. The van der Waals surface area contributed by atoms with Crippen LogP contribution in [0.1, 0.15) is 24.0 Å². The van der Waals surface area contributed by atoms with Crippen molar-refractivity contribution in [2.75, 3.05) is 26.1 Å². The van der Waals surface area contributed by atoms with Crippen LogP contribution < -0.4 is 20.3 Å². The maximum Gasteiger partial charge on any atom is 0.306 e. The first-order valence-corrected chi connectivity index (χ1v) is 10.5. The highest BCUT2D eigenvalue weighted by Gasteiger charge is 2.12. The molecule has 33 heavy (non-hydrogen) atoms. The van der Waals surface area contributed by atoms with Gasteiger partial charge in [0, 0.05) is 24.7 Å². The van der Waals surface area contributed by atoms with Crippen molar-refractivity contribution in [3.8, 4) is 11.5 Å². The van der Waals surface area contributed by atoms with Crippen molar-refractivity contribution >= 4 is 28.5 Å². The third kappa shape index (κ3) is 5.88. The zero-order valence-corrected chi connectivity index (χ0v) is 19.1. The second-order valence-corrected chi connectivity index (χ2v) is 7.58. The predicted octanol–water partition coefficient (Wildman–Crippen LogP) is 2.99. The summed E-state index contributed by atoms with van der Waals surface area (Å²) in [5.74, 6) is -0.00684. The maximum absolute atomic E-state index is 12.8. The van der Waals surface area contributed by atoms with Gasteiger partial charge in [-0.25, -0.2) is 4.98 Å². The van der Waals surface area contributed by atoms with E-state index in [1.54, 1.807) is 18.2 Å². The number of methoxy groups -OCH3 is 2. The van der Waals surface area contributed by atoms with E-state index in [0.29, 0.717) is 34.5 Å². The lowest BCUT2D eigenvalue weighted by molar-refractivity contribution is -0.147. The van der Waals surface area contributed by atoms with Crippen molar-refractivity contribution < 1.29 is 23.8 Å². The summed E-state index contributed by atoms with van der Waals surface area (Å²) in [6.07, 6.45) is 1.85. The number of esters is 1. The Kier molecular flexibility index (Phi) is 7.66. The first-order chi connectivity index (χ1) is 15.8. The second-order valence-electron chi connectivity index (χ2n) is 7.58. The summed E-state index contributed by atoms with van der Waals surface area (Å²) in [7, 11) is 3.00. The molecule has 0 aliphatic carbocycles. The Hall–Kier alpha value is -3.88. The molecule has 9 heteroatoms. The quantitative estimate of drug-likeness (QED) is 0.496. The molecule has 1 amide bonds. The van der Waals surface area contributed by atoms with E-state index in [-0.39, 0.29) is 25.1 Å². The van der Waals surface area contributed by atoms with Gasteiger partial charge in [-0.15, -0.1) is 0 Å². The second kappa shape index (κ2) is 10.6. The lowest BCUT2D eigenvalue weighted by Crippen LogP contribution is -2.22. The maximum atomic E-state index is 12.8. The largest absolute Gasteiger partial charge is 0.493 e. The van der Waals surface area contributed by atoms with Crippen LogP contribution in [0.3, 0.4) is 0 Å². The van der Waals surface area contributed by atoms with E-state index in [2.05, 4.69) is 10.3 Å². The number of nitrogens with zero attached hydrogens (tertiary/aromatic N) is 2. The van der Waals surface area contributed by atoms with E-state index in [4.69, 9.17) is 14.2 Å². The van der Waals surface area contributed by atoms with Gasteiger partial charge in [0.2, 0.25) is 0 Å². The predicted molar refractivity (Wildman–Crippen MR) is 124 cm³/mol. The molecule has 3 aromatic rings. The normalized spacial score (nSPS) is 10.7. The third-order valence-corrected chi connectivity index (χ3v) is 5.26. The molecule has 1 aromatic heterocycles. The lowest BCUT2D eigenvalue weighted by atomic mass is 10.1. The number of fused-ring (bicyclic) bond motifs is 1. The molecule has 1 heterocycles. The van der Waals surface area contributed by atoms with Crippen LogP contribution in [0.5, 0.6) is 11.5 Å². The van der Waals surface area contributed by atoms with E-state index < -0.39 is 11.9 Å². The molecule has 0 atom stereocenters. The number of hydrogen-bond donors (Lipinski definition) is 1. The van der Waals surface area contributed by atoms with Gasteiger partial charge in [0.1, 0.15) is 0 Å². The zero-order chi connectivity index (χ0) is 24.0. The zero-order valence-electron chi connectivity index (χ0n) is 19.1. The fourth-order valence-corrected chi connectivity index (χ4v) is 3.27. The molecular formula is C24H27N3O6. The van der Waals surface area contributed by atoms with E-state index in [9.17, 15) is 14.4 Å². The number of carbonyl (C=O) groups is 2. The van der Waals surface area contributed by atoms with Crippen LogP contribution in [-0.2, 0) is 20.9 Å². The Labute approximate surface area is 191 Å². The van der Waals surface area contributed by atoms with Crippen molar-refractivity contribution in [3.63, 3.8) is 0 Å². The van der Waals surface area contributed by atoms with Crippen LogP contribution in [0.25, 0.3) is 10.9 Å². The summed E-state index contributed by atoms with van der Waals surface area (Å²) in [4.78, 5) is 41.1. The number of benzene rings is 2. The molecule has 0 saturated carbocycles. The number of aryl methyl sites for hydroxylation is 3. The molecular weight excluding hydrogens is 426 g/mol. The molecule has 0 fully saturated rings. The van der Waals surface area contributed by atoms with Crippen LogP contribution in [0.4, 0.5) is 5.69 Å². The minimum Gasteiger partial charge on any atom is -0.493 e. The number of nitrogens with one attached hydrogen (secondary N) is 1. The molecule has 0 bridgehead atoms. The number of aromatic nitrogens is 2. The SMILES string of the molecule is COc1cc2ncn(CCCC(=O)OCC(=O)Nc3ccc(C)c(C)c3)c(=O)c2cc1OC. The number of carbonyl (C=O) groups excluding carboxylic acids is 2. The summed E-state index contributed by atoms with van der Waals surface area (Å²) >= 11 is 0. The third-order valence-electron chi connectivity index (χ3n) is 5.26. The summed E-state index contributed by atoms with van der Waals surface area (Å²) in [6, 6.07) is 8.79. The van der Waals surface area contributed by atoms with E-state index >= 15 is 0 Å². The first-order valence-electron chi connectivity index (χ1n) is 10.5. The average molecular weight is 453 g/mol. The van der Waals surface area contributed by atoms with Gasteiger partial charge in [-0.05, 0) is 49.6 Å². The van der Waals surface area contributed by atoms with E-state index in [1.807, 2.05) is 26.0 Å². The highest BCUT2D eigenvalue weighted by Crippen LogP contribution is 2.29. The minimum atomic E-state index is -0.515. The van der Waals surface area contributed by atoms with Gasteiger partial charge in [-0.2, -0.15) is 0 Å². The van der Waals surface area contributed by atoms with Crippen molar-refractivity contribution in [2.24, 2.45) is 0 Å². The fraction of sp³-hybridized carbons (Fsp3) is 0.333. The van der Waals surface area contributed by atoms with E-state index in [1.165, 1.54) is 25.1 Å². The Morgan fingerprint density at radius 3 is 2.45 bits per heavy atom. The molecule has 0 radical (unpaired) electrons. The molecule has 174 valence electrons. The molecule has 0 saturated heterocycles. The standard InChI is InChI=1S/C24H27N3O6/c1-15-7-8-17(10-16(15)2)26-22(28)13-33-23(29)6-5-9-27-14-25-19-12-21(32-4)20(31-3)11-18(19)24(27)30/h7-8,10-12,14H,5-6,9,13H2,1-4H3,(H,26,28). The molecule has 0 aliphatic heterocycles. The highest BCUT2D eigenvalue weighted by molar-refractivity contribution is 5.92. The molecule has 1 N–H and O–H groups in total. The number of anilines is 1. The van der Waals surface area contributed by atoms with Crippen molar-refractivity contribution in [1.82, 2.24) is 9.55 Å². The molecule has 0 aliphatic rings. The number of amides is 1. The topological polar surface area (TPSA) is 109 Å². The van der Waals surface area contributed by atoms with E-state index in [0.717, 1.165) is 11.1 Å². The van der Waals surface area contributed by atoms with Gasteiger partial charge in [-0.1, -0.05) is 6.07 Å². The Morgan fingerprint density at radius 2 is 1.76 bits per heavy atom. The monoisotopic (exact) mass is 453 g/mol. The summed E-state index contributed by atoms with van der Waals surface area (Å²) in [5, 5.41) is 3.09.